The average Bonchev–Trinajstić information content (AvgIpc) is 3.12. The summed E-state index contributed by atoms with van der Waals surface area (Å²) < 4.78 is 6.02. The Balaban J connectivity index is 1.84. The van der Waals surface area contributed by atoms with Gasteiger partial charge in [0.1, 0.15) is 11.7 Å². The van der Waals surface area contributed by atoms with E-state index in [1.807, 2.05) is 0 Å². The van der Waals surface area contributed by atoms with Crippen molar-refractivity contribution in [3.63, 3.8) is 0 Å². The van der Waals surface area contributed by atoms with Gasteiger partial charge in [-0.25, -0.2) is 9.78 Å². The molecule has 4 aliphatic rings. The number of rotatable bonds is 0. The Labute approximate surface area is 140 Å². The molecule has 0 spiro atoms. The Bertz CT molecular complexity index is 545. The van der Waals surface area contributed by atoms with Gasteiger partial charge in [-0.05, 0) is 72.3 Å². The van der Waals surface area contributed by atoms with Crippen LogP contribution in [-0.4, -0.2) is 23.4 Å². The molecule has 0 unspecified atom stereocenters. The minimum Gasteiger partial charge on any atom is -0.366 e. The summed E-state index contributed by atoms with van der Waals surface area (Å²) in [6.07, 6.45) is 12.0. The van der Waals surface area contributed by atoms with E-state index < -0.39 is 0 Å². The maximum atomic E-state index is 6.02. The highest BCUT2D eigenvalue weighted by Crippen LogP contribution is 2.44. The van der Waals surface area contributed by atoms with Crippen molar-refractivity contribution in [2.45, 2.75) is 90.1 Å². The Morgan fingerprint density at radius 3 is 2.70 bits per heavy atom. The molecule has 2 saturated heterocycles. The second-order valence-electron chi connectivity index (χ2n) is 8.01. The first-order chi connectivity index (χ1) is 10.8. The van der Waals surface area contributed by atoms with Crippen molar-refractivity contribution < 1.29 is 14.5 Å². The third-order valence-electron chi connectivity index (χ3n) is 5.60. The lowest BCUT2D eigenvalue weighted by molar-refractivity contribution is -0.385. The molecule has 2 fully saturated rings. The van der Waals surface area contributed by atoms with Crippen LogP contribution in [0.5, 0.6) is 0 Å². The van der Waals surface area contributed by atoms with Crippen LogP contribution in [0.4, 0.5) is 0 Å². The van der Waals surface area contributed by atoms with E-state index in [1.54, 1.807) is 0 Å². The molecule has 3 nitrogen and oxygen atoms in total. The third kappa shape index (κ3) is 3.78. The zero-order valence-electron chi connectivity index (χ0n) is 15.1. The van der Waals surface area contributed by atoms with Crippen LogP contribution in [0, 0.1) is 0 Å². The van der Waals surface area contributed by atoms with E-state index in [-0.39, 0.29) is 17.3 Å². The monoisotopic (exact) mass is 318 g/mol. The Hall–Kier alpha value is -0.900. The predicted molar refractivity (Wildman–Crippen MR) is 92.0 cm³/mol. The number of epoxide rings is 1. The molecule has 3 heterocycles. The van der Waals surface area contributed by atoms with Crippen LogP contribution in [0.25, 0.3) is 0 Å². The first-order valence-electron chi connectivity index (χ1n) is 8.83. The zero-order chi connectivity index (χ0) is 16.7. The lowest BCUT2D eigenvalue weighted by Crippen LogP contribution is -2.36. The van der Waals surface area contributed by atoms with Crippen LogP contribution < -0.4 is 0 Å². The van der Waals surface area contributed by atoms with Gasteiger partial charge >= 0.3 is 0 Å². The largest absolute Gasteiger partial charge is 0.366 e. The van der Waals surface area contributed by atoms with Crippen LogP contribution in [0.3, 0.4) is 0 Å². The van der Waals surface area contributed by atoms with Gasteiger partial charge in [-0.2, -0.15) is 0 Å². The summed E-state index contributed by atoms with van der Waals surface area (Å²) in [6.45, 7) is 10.9. The molecule has 0 aromatic rings. The highest BCUT2D eigenvalue weighted by Gasteiger charge is 2.51. The number of fused-ring (bicyclic) bond motifs is 6. The van der Waals surface area contributed by atoms with Crippen molar-refractivity contribution >= 4 is 0 Å². The predicted octanol–water partition coefficient (Wildman–Crippen LogP) is 5.04. The lowest BCUT2D eigenvalue weighted by Gasteiger charge is -2.34. The Morgan fingerprint density at radius 1 is 1.26 bits per heavy atom. The van der Waals surface area contributed by atoms with Gasteiger partial charge < -0.3 is 4.74 Å². The molecular formula is C20H30O3. The van der Waals surface area contributed by atoms with Crippen LogP contribution in [-0.2, 0) is 14.5 Å². The van der Waals surface area contributed by atoms with E-state index in [2.05, 4.69) is 52.8 Å². The van der Waals surface area contributed by atoms with Gasteiger partial charge in [0.05, 0.1) is 11.7 Å². The third-order valence-corrected chi connectivity index (χ3v) is 5.60. The number of hydrogen-bond donors (Lipinski definition) is 0. The van der Waals surface area contributed by atoms with E-state index in [0.717, 1.165) is 32.1 Å². The van der Waals surface area contributed by atoms with Crippen molar-refractivity contribution in [3.8, 4) is 0 Å². The molecule has 3 aliphatic heterocycles. The van der Waals surface area contributed by atoms with Gasteiger partial charge in [-0.3, -0.25) is 0 Å². The van der Waals surface area contributed by atoms with E-state index in [0.29, 0.717) is 6.10 Å². The zero-order valence-corrected chi connectivity index (χ0v) is 15.1. The quantitative estimate of drug-likeness (QED) is 0.356. The van der Waals surface area contributed by atoms with Crippen molar-refractivity contribution in [2.75, 3.05) is 0 Å². The molecule has 23 heavy (non-hydrogen) atoms. The molecule has 0 saturated carbocycles. The first kappa shape index (κ1) is 16.9. The lowest BCUT2D eigenvalue weighted by atomic mass is 9.89. The van der Waals surface area contributed by atoms with Crippen molar-refractivity contribution in [1.82, 2.24) is 0 Å². The summed E-state index contributed by atoms with van der Waals surface area (Å²) in [7, 11) is 0. The van der Waals surface area contributed by atoms with Crippen molar-refractivity contribution in [2.24, 2.45) is 0 Å². The van der Waals surface area contributed by atoms with E-state index in [1.165, 1.54) is 16.7 Å². The summed E-state index contributed by atoms with van der Waals surface area (Å²) >= 11 is 0. The fourth-order valence-corrected chi connectivity index (χ4v) is 3.49. The normalized spacial score (nSPS) is 44.7. The number of ether oxygens (including phenoxy) is 1. The maximum Gasteiger partial charge on any atom is 0.119 e. The fourth-order valence-electron chi connectivity index (χ4n) is 3.49. The first-order valence-corrected chi connectivity index (χ1v) is 8.83. The Morgan fingerprint density at radius 2 is 2.04 bits per heavy atom. The summed E-state index contributed by atoms with van der Waals surface area (Å²) in [6, 6.07) is 0. The van der Waals surface area contributed by atoms with Crippen LogP contribution in [0.2, 0.25) is 0 Å². The van der Waals surface area contributed by atoms with Gasteiger partial charge in [0.15, 0.2) is 0 Å². The number of allylic oxidation sites excluding steroid dienone is 2. The molecule has 4 rings (SSSR count). The summed E-state index contributed by atoms with van der Waals surface area (Å²) in [5.41, 5.74) is 3.83. The van der Waals surface area contributed by atoms with Gasteiger partial charge in [-0.1, -0.05) is 29.4 Å². The maximum absolute atomic E-state index is 6.02. The summed E-state index contributed by atoms with van der Waals surface area (Å²) in [5, 5.41) is 0. The van der Waals surface area contributed by atoms with Crippen LogP contribution in [0.15, 0.2) is 34.9 Å². The molecule has 0 N–H and O–H groups in total. The van der Waals surface area contributed by atoms with E-state index in [9.17, 15) is 0 Å². The minimum atomic E-state index is -0.313. The summed E-state index contributed by atoms with van der Waals surface area (Å²) in [4.78, 5) is 11.4. The second-order valence-corrected chi connectivity index (χ2v) is 8.01. The highest BCUT2D eigenvalue weighted by molar-refractivity contribution is 5.22. The van der Waals surface area contributed by atoms with E-state index >= 15 is 0 Å². The van der Waals surface area contributed by atoms with Crippen molar-refractivity contribution in [1.29, 1.82) is 0 Å². The fraction of sp³-hybridized carbons (Fsp3) is 0.700. The molecule has 0 radical (unpaired) electrons. The standard InChI is InChI=1S/C20H30O3/c1-14(2)16-8-7-15(3)17-9-12-19(4,23-22-17)10-6-11-20(5)18(13-16)21-20/h6-7,10,17-18H,8-9,11-13H2,1-5H3/b10-6-,15-7+/t17-,18+,19-,20-/m0/s1. The Kier molecular flexibility index (Phi) is 4.56. The molecule has 4 atom stereocenters. The average molecular weight is 318 g/mol. The molecule has 3 heteroatoms. The molecule has 2 bridgehead atoms. The van der Waals surface area contributed by atoms with Crippen LogP contribution in [0.1, 0.15) is 66.7 Å². The van der Waals surface area contributed by atoms with Gasteiger partial charge in [0, 0.05) is 0 Å². The molecule has 1 aliphatic carbocycles. The van der Waals surface area contributed by atoms with Crippen LogP contribution >= 0.6 is 0 Å². The van der Waals surface area contributed by atoms with Gasteiger partial charge in [0.2, 0.25) is 0 Å². The molecule has 128 valence electrons. The SMILES string of the molecule is CC(C)=C1C/C=C(\C)[C@@H]2CC[C@](C)(/C=C\C[C@]3(C)O[C@@H]3C1)OO2. The van der Waals surface area contributed by atoms with E-state index in [4.69, 9.17) is 14.5 Å². The van der Waals surface area contributed by atoms with Gasteiger partial charge in [0.25, 0.3) is 0 Å². The molecule has 0 aromatic heterocycles. The minimum absolute atomic E-state index is 0.0194. The molecule has 0 aromatic carbocycles. The topological polar surface area (TPSA) is 31.0 Å². The molecular weight excluding hydrogens is 288 g/mol. The number of hydrogen-bond acceptors (Lipinski definition) is 3. The van der Waals surface area contributed by atoms with Crippen molar-refractivity contribution in [3.05, 3.63) is 34.9 Å². The smallest absolute Gasteiger partial charge is 0.119 e. The highest BCUT2D eigenvalue weighted by atomic mass is 17.2. The molecule has 0 amide bonds. The van der Waals surface area contributed by atoms with Gasteiger partial charge in [-0.15, -0.1) is 0 Å². The summed E-state index contributed by atoms with van der Waals surface area (Å²) in [5.74, 6) is 0. The second kappa shape index (κ2) is 6.19.